The SMILES string of the molecule is COc1ccc(OC)c(C=Cc2ccc(N3C(=O)C4CC=C5C(CC6(Cl)C(=O)N(c7ccc(F)cc7)C(=O)C6(Cl)C5c5cc(Br)c(O)c(OC)c5)C4C3=O)cc2)c1. The third kappa shape index (κ3) is 5.86. The highest BCUT2D eigenvalue weighted by Gasteiger charge is 2.76. The van der Waals surface area contributed by atoms with E-state index in [0.717, 1.165) is 28.2 Å². The number of halogens is 4. The van der Waals surface area contributed by atoms with Crippen LogP contribution in [0.4, 0.5) is 15.8 Å². The molecule has 8 rings (SSSR count). The molecule has 10 nitrogen and oxygen atoms in total. The molecule has 6 atom stereocenters. The second-order valence-electron chi connectivity index (χ2n) is 14.3. The summed E-state index contributed by atoms with van der Waals surface area (Å²) >= 11 is 18.3. The Bertz CT molecular complexity index is 2420. The molecule has 292 valence electrons. The molecule has 1 N–H and O–H groups in total. The number of imide groups is 2. The Hall–Kier alpha value is -5.17. The van der Waals surface area contributed by atoms with Gasteiger partial charge < -0.3 is 19.3 Å². The molecule has 2 saturated heterocycles. The van der Waals surface area contributed by atoms with Gasteiger partial charge in [0.25, 0.3) is 11.8 Å². The fourth-order valence-electron chi connectivity index (χ4n) is 8.83. The molecule has 4 aromatic rings. The largest absolute Gasteiger partial charge is 0.503 e. The van der Waals surface area contributed by atoms with Gasteiger partial charge in [-0.05, 0) is 113 Å². The van der Waals surface area contributed by atoms with Gasteiger partial charge in [0.2, 0.25) is 11.8 Å². The van der Waals surface area contributed by atoms with Gasteiger partial charge in [-0.2, -0.15) is 0 Å². The lowest BCUT2D eigenvalue weighted by molar-refractivity contribution is -0.125. The molecule has 6 unspecified atom stereocenters. The van der Waals surface area contributed by atoms with Gasteiger partial charge in [0.05, 0.1) is 49.0 Å². The van der Waals surface area contributed by atoms with Gasteiger partial charge in [-0.1, -0.05) is 35.9 Å². The van der Waals surface area contributed by atoms with E-state index >= 15 is 0 Å². The van der Waals surface area contributed by atoms with E-state index in [1.165, 1.54) is 30.2 Å². The topological polar surface area (TPSA) is 123 Å². The van der Waals surface area contributed by atoms with Gasteiger partial charge in [0.1, 0.15) is 17.3 Å². The summed E-state index contributed by atoms with van der Waals surface area (Å²) in [6.07, 6.45) is 5.47. The van der Waals surface area contributed by atoms with Gasteiger partial charge in [0.15, 0.2) is 21.2 Å². The second-order valence-corrected chi connectivity index (χ2v) is 16.4. The highest BCUT2D eigenvalue weighted by Crippen LogP contribution is 2.66. The lowest BCUT2D eigenvalue weighted by Gasteiger charge is -2.50. The van der Waals surface area contributed by atoms with Crippen LogP contribution in [0.5, 0.6) is 23.0 Å². The van der Waals surface area contributed by atoms with Gasteiger partial charge in [-0.25, -0.2) is 9.29 Å². The standard InChI is InChI=1S/C43H34BrCl2FN2O8/c1-55-28-14-17-33(56-2)23(18-28)7-4-22-5-10-26(11-6-22)48-38(51)30-16-15-29-31(35(30)39(48)52)21-42(45)40(53)49(27-12-8-25(47)9-13-27)41(54)43(42,46)36(29)24-19-32(44)37(50)34(20-24)57-3/h4-15,17-20,30-31,35-36,50H,16,21H2,1-3H3. The smallest absolute Gasteiger partial charge is 0.258 e. The molecule has 0 spiro atoms. The number of phenolic OH excluding ortho intramolecular Hbond substituents is 1. The van der Waals surface area contributed by atoms with Crippen molar-refractivity contribution in [2.75, 3.05) is 31.1 Å². The van der Waals surface area contributed by atoms with Crippen molar-refractivity contribution in [3.63, 3.8) is 0 Å². The van der Waals surface area contributed by atoms with E-state index < -0.39 is 62.9 Å². The number of phenols is 1. The summed E-state index contributed by atoms with van der Waals surface area (Å²) in [6.45, 7) is 0. The average Bonchev–Trinajstić information content (AvgIpc) is 3.55. The third-order valence-electron chi connectivity index (χ3n) is 11.5. The number of anilines is 2. The predicted molar refractivity (Wildman–Crippen MR) is 216 cm³/mol. The first-order chi connectivity index (χ1) is 27.3. The van der Waals surface area contributed by atoms with Crippen molar-refractivity contribution in [3.05, 3.63) is 117 Å². The summed E-state index contributed by atoms with van der Waals surface area (Å²) in [5.74, 6) is -5.59. The number of aromatic hydroxyl groups is 1. The Balaban J connectivity index is 1.17. The van der Waals surface area contributed by atoms with Crippen LogP contribution in [0.3, 0.4) is 0 Å². The van der Waals surface area contributed by atoms with E-state index in [2.05, 4.69) is 15.9 Å². The highest BCUT2D eigenvalue weighted by molar-refractivity contribution is 9.10. The molecule has 0 bridgehead atoms. The molecular weight excluding hydrogens is 842 g/mol. The Labute approximate surface area is 345 Å². The monoisotopic (exact) mass is 874 g/mol. The molecule has 4 aromatic carbocycles. The molecule has 4 aliphatic rings. The van der Waals surface area contributed by atoms with Crippen molar-refractivity contribution < 1.29 is 42.9 Å². The number of hydrogen-bond donors (Lipinski definition) is 1. The number of benzene rings is 4. The number of carbonyl (C=O) groups is 4. The van der Waals surface area contributed by atoms with E-state index in [1.54, 1.807) is 50.6 Å². The molecule has 2 aliphatic carbocycles. The maximum absolute atomic E-state index is 14.7. The van der Waals surface area contributed by atoms with E-state index in [4.69, 9.17) is 37.4 Å². The van der Waals surface area contributed by atoms with Crippen molar-refractivity contribution >= 4 is 86.3 Å². The molecule has 57 heavy (non-hydrogen) atoms. The fraction of sp³-hybridized carbons (Fsp3) is 0.256. The summed E-state index contributed by atoms with van der Waals surface area (Å²) in [4.78, 5) is 55.8. The summed E-state index contributed by atoms with van der Waals surface area (Å²) in [5, 5.41) is 10.7. The lowest BCUT2D eigenvalue weighted by atomic mass is 9.56. The number of ether oxygens (including phenoxy) is 3. The van der Waals surface area contributed by atoms with E-state index in [0.29, 0.717) is 28.3 Å². The molecule has 0 radical (unpaired) electrons. The number of nitrogens with zero attached hydrogens (tertiary/aromatic N) is 2. The van der Waals surface area contributed by atoms with Crippen LogP contribution in [-0.4, -0.2) is 59.8 Å². The van der Waals surface area contributed by atoms with E-state index in [1.807, 2.05) is 30.4 Å². The molecule has 4 amide bonds. The molecule has 1 saturated carbocycles. The zero-order valence-electron chi connectivity index (χ0n) is 30.7. The van der Waals surface area contributed by atoms with Crippen molar-refractivity contribution in [2.45, 2.75) is 28.5 Å². The summed E-state index contributed by atoms with van der Waals surface area (Å²) in [6, 6.07) is 20.3. The fourth-order valence-corrected chi connectivity index (χ4v) is 10.2. The van der Waals surface area contributed by atoms with Crippen molar-refractivity contribution in [1.82, 2.24) is 0 Å². The third-order valence-corrected chi connectivity index (χ3v) is 13.6. The van der Waals surface area contributed by atoms with Crippen LogP contribution in [0.1, 0.15) is 35.4 Å². The van der Waals surface area contributed by atoms with Crippen LogP contribution in [0.2, 0.25) is 0 Å². The number of rotatable bonds is 8. The van der Waals surface area contributed by atoms with Gasteiger partial charge >= 0.3 is 0 Å². The van der Waals surface area contributed by atoms with Crippen LogP contribution in [0.25, 0.3) is 12.2 Å². The van der Waals surface area contributed by atoms with Crippen molar-refractivity contribution in [1.29, 1.82) is 0 Å². The number of methoxy groups -OCH3 is 3. The number of hydrogen-bond acceptors (Lipinski definition) is 8. The Morgan fingerprint density at radius 1 is 0.789 bits per heavy atom. The van der Waals surface area contributed by atoms with E-state index in [9.17, 15) is 28.7 Å². The van der Waals surface area contributed by atoms with Crippen LogP contribution < -0.4 is 24.0 Å². The minimum absolute atomic E-state index is 0.0580. The van der Waals surface area contributed by atoms with Crippen LogP contribution in [0.15, 0.2) is 95.0 Å². The van der Waals surface area contributed by atoms with Crippen LogP contribution >= 0.6 is 39.1 Å². The quantitative estimate of drug-likeness (QED) is 0.0813. The number of carbonyl (C=O) groups excluding carboxylic acids is 4. The first-order valence-electron chi connectivity index (χ1n) is 17.9. The molecule has 2 aliphatic heterocycles. The molecule has 0 aromatic heterocycles. The number of fused-ring (bicyclic) bond motifs is 4. The van der Waals surface area contributed by atoms with Crippen molar-refractivity contribution in [3.8, 4) is 23.0 Å². The van der Waals surface area contributed by atoms with Gasteiger partial charge in [-0.3, -0.25) is 24.1 Å². The average molecular weight is 877 g/mol. The normalized spacial score (nSPS) is 26.7. The second kappa shape index (κ2) is 14.3. The highest BCUT2D eigenvalue weighted by atomic mass is 79.9. The minimum Gasteiger partial charge on any atom is -0.503 e. The van der Waals surface area contributed by atoms with Crippen LogP contribution in [0, 0.1) is 23.6 Å². The van der Waals surface area contributed by atoms with E-state index in [-0.39, 0.29) is 34.5 Å². The zero-order chi connectivity index (χ0) is 40.6. The first-order valence-corrected chi connectivity index (χ1v) is 19.5. The zero-order valence-corrected chi connectivity index (χ0v) is 33.8. The van der Waals surface area contributed by atoms with Crippen LogP contribution in [-0.2, 0) is 19.2 Å². The minimum atomic E-state index is -2.15. The molecule has 14 heteroatoms. The Morgan fingerprint density at radius 3 is 2.12 bits per heavy atom. The Morgan fingerprint density at radius 2 is 1.46 bits per heavy atom. The maximum Gasteiger partial charge on any atom is 0.258 e. The van der Waals surface area contributed by atoms with Gasteiger partial charge in [0, 0.05) is 11.5 Å². The summed E-state index contributed by atoms with van der Waals surface area (Å²) in [7, 11) is 4.52. The summed E-state index contributed by atoms with van der Waals surface area (Å²) in [5.41, 5.74) is 2.96. The predicted octanol–water partition coefficient (Wildman–Crippen LogP) is 8.26. The number of allylic oxidation sites excluding steroid dienone is 2. The summed E-state index contributed by atoms with van der Waals surface area (Å²) < 4.78 is 30.5. The maximum atomic E-state index is 14.7. The van der Waals surface area contributed by atoms with Gasteiger partial charge in [-0.15, -0.1) is 23.2 Å². The lowest BCUT2D eigenvalue weighted by Crippen LogP contribution is -2.60. The molecule has 2 heterocycles. The number of amides is 4. The number of alkyl halides is 2. The molecule has 3 fully saturated rings. The Kier molecular flexibility index (Phi) is 9.73. The first kappa shape index (κ1) is 38.7. The molecular formula is C43H34BrCl2FN2O8. The van der Waals surface area contributed by atoms with Crippen molar-refractivity contribution in [2.24, 2.45) is 17.8 Å².